The van der Waals surface area contributed by atoms with Crippen LogP contribution >= 0.6 is 23.4 Å². The second-order valence-electron chi connectivity index (χ2n) is 7.08. The molecule has 30 heavy (non-hydrogen) atoms. The van der Waals surface area contributed by atoms with Gasteiger partial charge in [0.2, 0.25) is 10.0 Å². The minimum Gasteiger partial charge on any atom is -0.338 e. The van der Waals surface area contributed by atoms with E-state index in [1.807, 2.05) is 54.8 Å². The van der Waals surface area contributed by atoms with Gasteiger partial charge in [-0.2, -0.15) is 16.1 Å². The molecule has 1 aliphatic rings. The number of carbonyl (C=O) groups is 1. The Morgan fingerprint density at radius 3 is 2.40 bits per heavy atom. The van der Waals surface area contributed by atoms with Crippen LogP contribution in [0.25, 0.3) is 0 Å². The molecule has 0 bridgehead atoms. The predicted molar refractivity (Wildman–Crippen MR) is 124 cm³/mol. The third kappa shape index (κ3) is 5.02. The summed E-state index contributed by atoms with van der Waals surface area (Å²) in [6, 6.07) is 14.1. The highest BCUT2D eigenvalue weighted by Crippen LogP contribution is 2.38. The minimum atomic E-state index is -3.52. The van der Waals surface area contributed by atoms with Gasteiger partial charge in [0.1, 0.15) is 0 Å². The molecule has 0 spiro atoms. The molecular weight excluding hydrogens is 440 g/mol. The average Bonchev–Trinajstić information content (AvgIpc) is 3.00. The van der Waals surface area contributed by atoms with Crippen LogP contribution < -0.4 is 0 Å². The van der Waals surface area contributed by atoms with Gasteiger partial charge in [-0.3, -0.25) is 4.79 Å². The third-order valence-corrected chi connectivity index (χ3v) is 9.04. The van der Waals surface area contributed by atoms with Gasteiger partial charge in [-0.15, -0.1) is 0 Å². The number of benzene rings is 2. The second-order valence-corrected chi connectivity index (χ2v) is 10.7. The van der Waals surface area contributed by atoms with Gasteiger partial charge >= 0.3 is 0 Å². The summed E-state index contributed by atoms with van der Waals surface area (Å²) in [5.74, 6) is 0.762. The molecule has 1 atom stereocenters. The highest BCUT2D eigenvalue weighted by atomic mass is 35.5. The lowest BCUT2D eigenvalue weighted by molar-refractivity contribution is 0.0766. The molecule has 0 N–H and O–H groups in total. The maximum atomic E-state index is 13.0. The first-order valence-corrected chi connectivity index (χ1v) is 13.0. The van der Waals surface area contributed by atoms with Gasteiger partial charge < -0.3 is 4.90 Å². The molecule has 0 radical (unpaired) electrons. The Bertz CT molecular complexity index is 976. The van der Waals surface area contributed by atoms with E-state index in [-0.39, 0.29) is 16.1 Å². The number of thioether (sulfide) groups is 1. The van der Waals surface area contributed by atoms with Crippen molar-refractivity contribution in [1.82, 2.24) is 9.21 Å². The number of hydrogen-bond acceptors (Lipinski definition) is 4. The van der Waals surface area contributed by atoms with Crippen molar-refractivity contribution in [2.24, 2.45) is 0 Å². The van der Waals surface area contributed by atoms with Gasteiger partial charge in [0.05, 0.1) is 4.90 Å². The van der Waals surface area contributed by atoms with Gasteiger partial charge in [0.15, 0.2) is 0 Å². The minimum absolute atomic E-state index is 0.0674. The van der Waals surface area contributed by atoms with E-state index in [1.54, 1.807) is 12.1 Å². The highest BCUT2D eigenvalue weighted by molar-refractivity contribution is 7.99. The van der Waals surface area contributed by atoms with Crippen LogP contribution in [0.3, 0.4) is 0 Å². The molecule has 2 aromatic rings. The maximum Gasteiger partial charge on any atom is 0.253 e. The smallest absolute Gasteiger partial charge is 0.253 e. The SMILES string of the molecule is CCN(CC)S(=O)(=O)c1ccc(C(=O)N2CCSC(c3ccccc3Cl)CC2)cc1. The maximum absolute atomic E-state index is 13.0. The van der Waals surface area contributed by atoms with E-state index >= 15 is 0 Å². The standard InChI is InChI=1S/C22H27ClN2O3S2/c1-3-25(4-2)30(27,28)18-11-9-17(10-12-18)22(26)24-14-13-21(29-16-15-24)19-7-5-6-8-20(19)23/h5-12,21H,3-4,13-16H2,1-2H3. The fraction of sp³-hybridized carbons (Fsp3) is 0.409. The topological polar surface area (TPSA) is 57.7 Å². The largest absolute Gasteiger partial charge is 0.338 e. The number of nitrogens with zero attached hydrogens (tertiary/aromatic N) is 2. The first-order chi connectivity index (χ1) is 14.4. The van der Waals surface area contributed by atoms with E-state index in [2.05, 4.69) is 0 Å². The average molecular weight is 467 g/mol. The number of sulfonamides is 1. The molecule has 2 aromatic carbocycles. The van der Waals surface area contributed by atoms with Crippen LogP contribution in [0, 0.1) is 0 Å². The number of carbonyl (C=O) groups excluding carboxylic acids is 1. The van der Waals surface area contributed by atoms with Gasteiger partial charge in [-0.25, -0.2) is 8.42 Å². The molecule has 0 saturated carbocycles. The lowest BCUT2D eigenvalue weighted by atomic mass is 10.1. The Labute approximate surface area is 188 Å². The lowest BCUT2D eigenvalue weighted by Crippen LogP contribution is -2.33. The van der Waals surface area contributed by atoms with Crippen molar-refractivity contribution >= 4 is 39.3 Å². The molecule has 1 saturated heterocycles. The van der Waals surface area contributed by atoms with Crippen molar-refractivity contribution in [3.63, 3.8) is 0 Å². The molecular formula is C22H27ClN2O3S2. The van der Waals surface area contributed by atoms with Crippen LogP contribution in [0.2, 0.25) is 5.02 Å². The number of amides is 1. The summed E-state index contributed by atoms with van der Waals surface area (Å²) in [5.41, 5.74) is 1.62. The second kappa shape index (κ2) is 10.2. The van der Waals surface area contributed by atoms with Crippen molar-refractivity contribution in [2.45, 2.75) is 30.4 Å². The molecule has 8 heteroatoms. The molecule has 1 fully saturated rings. The predicted octanol–water partition coefficient (Wildman–Crippen LogP) is 4.69. The van der Waals surface area contributed by atoms with Crippen LogP contribution in [0.5, 0.6) is 0 Å². The van der Waals surface area contributed by atoms with E-state index in [0.29, 0.717) is 31.7 Å². The summed E-state index contributed by atoms with van der Waals surface area (Å²) in [4.78, 5) is 15.1. The Kier molecular flexibility index (Phi) is 7.85. The molecule has 0 aromatic heterocycles. The first kappa shape index (κ1) is 23.1. The van der Waals surface area contributed by atoms with Crippen molar-refractivity contribution in [2.75, 3.05) is 31.9 Å². The zero-order valence-corrected chi connectivity index (χ0v) is 19.6. The van der Waals surface area contributed by atoms with E-state index in [4.69, 9.17) is 11.6 Å². The quantitative estimate of drug-likeness (QED) is 0.619. The third-order valence-electron chi connectivity index (χ3n) is 5.33. The summed E-state index contributed by atoms with van der Waals surface area (Å²) in [6.45, 7) is 5.75. The Balaban J connectivity index is 1.70. The van der Waals surface area contributed by atoms with Crippen LogP contribution in [-0.4, -0.2) is 55.5 Å². The molecule has 162 valence electrons. The van der Waals surface area contributed by atoms with Gasteiger partial charge in [-0.05, 0) is 42.3 Å². The summed E-state index contributed by atoms with van der Waals surface area (Å²) < 4.78 is 26.7. The zero-order valence-electron chi connectivity index (χ0n) is 17.3. The molecule has 1 unspecified atom stereocenters. The van der Waals surface area contributed by atoms with E-state index in [1.165, 1.54) is 16.4 Å². The summed E-state index contributed by atoms with van der Waals surface area (Å²) in [7, 11) is -3.52. The van der Waals surface area contributed by atoms with E-state index in [0.717, 1.165) is 22.8 Å². The van der Waals surface area contributed by atoms with Gasteiger partial charge in [0, 0.05) is 47.8 Å². The number of rotatable bonds is 6. The zero-order chi connectivity index (χ0) is 21.7. The molecule has 1 heterocycles. The number of halogens is 1. The molecule has 0 aliphatic carbocycles. The summed E-state index contributed by atoms with van der Waals surface area (Å²) in [6.07, 6.45) is 0.828. The fourth-order valence-corrected chi connectivity index (χ4v) is 6.68. The fourth-order valence-electron chi connectivity index (χ4n) is 3.62. The van der Waals surface area contributed by atoms with Crippen molar-refractivity contribution in [3.05, 3.63) is 64.7 Å². The van der Waals surface area contributed by atoms with Crippen LogP contribution in [-0.2, 0) is 10.0 Å². The van der Waals surface area contributed by atoms with Crippen molar-refractivity contribution in [3.8, 4) is 0 Å². The van der Waals surface area contributed by atoms with Gasteiger partial charge in [0.25, 0.3) is 5.91 Å². The van der Waals surface area contributed by atoms with Crippen LogP contribution in [0.15, 0.2) is 53.4 Å². The van der Waals surface area contributed by atoms with Crippen molar-refractivity contribution < 1.29 is 13.2 Å². The summed E-state index contributed by atoms with van der Waals surface area (Å²) >= 11 is 8.17. The Morgan fingerprint density at radius 1 is 1.10 bits per heavy atom. The monoisotopic (exact) mass is 466 g/mol. The molecule has 1 amide bonds. The van der Waals surface area contributed by atoms with E-state index < -0.39 is 10.0 Å². The molecule has 5 nitrogen and oxygen atoms in total. The Hall–Kier alpha value is -1.54. The van der Waals surface area contributed by atoms with Crippen LogP contribution in [0.1, 0.15) is 41.4 Å². The van der Waals surface area contributed by atoms with Crippen molar-refractivity contribution in [1.29, 1.82) is 0 Å². The molecule has 3 rings (SSSR count). The number of hydrogen-bond donors (Lipinski definition) is 0. The Morgan fingerprint density at radius 2 is 1.77 bits per heavy atom. The molecule has 1 aliphatic heterocycles. The van der Waals surface area contributed by atoms with Crippen LogP contribution in [0.4, 0.5) is 0 Å². The normalized spacial score (nSPS) is 17.7. The first-order valence-electron chi connectivity index (χ1n) is 10.1. The lowest BCUT2D eigenvalue weighted by Gasteiger charge is -2.21. The summed E-state index contributed by atoms with van der Waals surface area (Å²) in [5, 5.41) is 1.03. The van der Waals surface area contributed by atoms with Gasteiger partial charge in [-0.1, -0.05) is 43.6 Å². The van der Waals surface area contributed by atoms with E-state index in [9.17, 15) is 13.2 Å². The highest BCUT2D eigenvalue weighted by Gasteiger charge is 2.25.